The fraction of sp³-hybridized carbons (Fsp3) is 0.625. The van der Waals surface area contributed by atoms with E-state index in [1.807, 2.05) is 13.8 Å². The van der Waals surface area contributed by atoms with Crippen LogP contribution in [-0.4, -0.2) is 22.1 Å². The van der Waals surface area contributed by atoms with Crippen molar-refractivity contribution in [2.24, 2.45) is 5.92 Å². The predicted molar refractivity (Wildman–Crippen MR) is 79.6 cm³/mol. The summed E-state index contributed by atoms with van der Waals surface area (Å²) in [5.41, 5.74) is 1.93. The fourth-order valence-corrected chi connectivity index (χ4v) is 2.91. The maximum atomic E-state index is 12.5. The molecule has 1 amide bonds. The summed E-state index contributed by atoms with van der Waals surface area (Å²) in [5, 5.41) is 20.3. The average Bonchev–Trinajstić information content (AvgIpc) is 2.53. The number of hydrogen-bond acceptors (Lipinski definition) is 4. The summed E-state index contributed by atoms with van der Waals surface area (Å²) >= 11 is 0. The maximum Gasteiger partial charge on any atom is 0.254 e. The smallest absolute Gasteiger partial charge is 0.254 e. The minimum atomic E-state index is -0.407. The first-order valence-corrected chi connectivity index (χ1v) is 7.69. The molecule has 0 spiro atoms. The van der Waals surface area contributed by atoms with Gasteiger partial charge in [-0.15, -0.1) is 0 Å². The second-order valence-corrected chi connectivity index (χ2v) is 5.68. The Hall–Kier alpha value is -1.96. The highest BCUT2D eigenvalue weighted by atomic mass is 16.1. The van der Waals surface area contributed by atoms with Gasteiger partial charge in [0.05, 0.1) is 23.0 Å². The molecule has 21 heavy (non-hydrogen) atoms. The van der Waals surface area contributed by atoms with Gasteiger partial charge in [-0.25, -0.2) is 0 Å². The van der Waals surface area contributed by atoms with E-state index >= 15 is 0 Å². The number of amides is 1. The molecule has 5 heteroatoms. The molecule has 0 bridgehead atoms. The van der Waals surface area contributed by atoms with Gasteiger partial charge in [0.1, 0.15) is 6.04 Å². The summed E-state index contributed by atoms with van der Waals surface area (Å²) in [6.45, 7) is 3.76. The van der Waals surface area contributed by atoms with Crippen LogP contribution in [0.4, 0.5) is 0 Å². The van der Waals surface area contributed by atoms with E-state index in [4.69, 9.17) is 0 Å². The molecule has 0 aromatic carbocycles. The Kier molecular flexibility index (Phi) is 5.26. The number of carbonyl (C=O) groups excluding carboxylic acids is 1. The number of rotatable bonds is 4. The van der Waals surface area contributed by atoms with Crippen molar-refractivity contribution in [3.05, 3.63) is 23.0 Å². The molecule has 0 aliphatic heterocycles. The van der Waals surface area contributed by atoms with Gasteiger partial charge in [-0.1, -0.05) is 26.2 Å². The average molecular weight is 286 g/mol. The predicted octanol–water partition coefficient (Wildman–Crippen LogP) is 2.55. The van der Waals surface area contributed by atoms with Crippen LogP contribution in [0.3, 0.4) is 0 Å². The van der Waals surface area contributed by atoms with Crippen molar-refractivity contribution in [1.82, 2.24) is 15.5 Å². The first-order valence-electron chi connectivity index (χ1n) is 7.69. The molecule has 1 aliphatic carbocycles. The van der Waals surface area contributed by atoms with Crippen LogP contribution in [0.5, 0.6) is 0 Å². The Morgan fingerprint density at radius 1 is 1.43 bits per heavy atom. The zero-order valence-corrected chi connectivity index (χ0v) is 12.7. The van der Waals surface area contributed by atoms with Crippen LogP contribution in [0.1, 0.15) is 60.8 Å². The Balaban J connectivity index is 2.12. The van der Waals surface area contributed by atoms with E-state index in [1.165, 1.54) is 6.42 Å². The minimum absolute atomic E-state index is 0.207. The lowest BCUT2D eigenvalue weighted by Gasteiger charge is -2.26. The summed E-state index contributed by atoms with van der Waals surface area (Å²) in [6, 6.07) is 3.60. The molecule has 0 saturated heterocycles. The van der Waals surface area contributed by atoms with Crippen molar-refractivity contribution in [1.29, 1.82) is 5.26 Å². The molecule has 1 heterocycles. The third-order valence-corrected chi connectivity index (χ3v) is 4.12. The third-order valence-electron chi connectivity index (χ3n) is 4.12. The van der Waals surface area contributed by atoms with Crippen molar-refractivity contribution in [3.63, 3.8) is 0 Å². The molecule has 1 aromatic heterocycles. The number of nitrogens with one attached hydrogen (secondary N) is 1. The van der Waals surface area contributed by atoms with Crippen molar-refractivity contribution in [2.75, 3.05) is 0 Å². The minimum Gasteiger partial charge on any atom is -0.336 e. The molecule has 5 nitrogen and oxygen atoms in total. The molecule has 1 saturated carbocycles. The van der Waals surface area contributed by atoms with E-state index in [9.17, 15) is 10.1 Å². The number of nitrogens with zero attached hydrogens (tertiary/aromatic N) is 3. The SMILES string of the molecule is CCc1nnc(C)cc1C(=O)NC(C#N)C1CCCCC1. The van der Waals surface area contributed by atoms with Gasteiger partial charge >= 0.3 is 0 Å². The molecule has 1 aliphatic rings. The molecular formula is C16H22N4O. The van der Waals surface area contributed by atoms with E-state index in [1.54, 1.807) is 6.07 Å². The molecule has 1 N–H and O–H groups in total. The lowest BCUT2D eigenvalue weighted by atomic mass is 9.84. The first-order chi connectivity index (χ1) is 10.2. The van der Waals surface area contributed by atoms with Gasteiger partial charge in [0.2, 0.25) is 0 Å². The van der Waals surface area contributed by atoms with Crippen LogP contribution >= 0.6 is 0 Å². The van der Waals surface area contributed by atoms with Gasteiger partial charge in [-0.3, -0.25) is 4.79 Å². The highest BCUT2D eigenvalue weighted by molar-refractivity contribution is 5.95. The Bertz CT molecular complexity index is 544. The van der Waals surface area contributed by atoms with Crippen molar-refractivity contribution in [2.45, 2.75) is 58.4 Å². The largest absolute Gasteiger partial charge is 0.336 e. The van der Waals surface area contributed by atoms with Gasteiger partial charge in [-0.2, -0.15) is 15.5 Å². The fourth-order valence-electron chi connectivity index (χ4n) is 2.91. The summed E-state index contributed by atoms with van der Waals surface area (Å²) in [4.78, 5) is 12.5. The van der Waals surface area contributed by atoms with Gasteiger partial charge in [0, 0.05) is 0 Å². The number of hydrogen-bond donors (Lipinski definition) is 1. The van der Waals surface area contributed by atoms with E-state index in [0.717, 1.165) is 25.7 Å². The van der Waals surface area contributed by atoms with E-state index in [0.29, 0.717) is 23.4 Å². The van der Waals surface area contributed by atoms with E-state index < -0.39 is 6.04 Å². The molecular weight excluding hydrogens is 264 g/mol. The van der Waals surface area contributed by atoms with Gasteiger partial charge in [0.15, 0.2) is 0 Å². The molecule has 1 atom stereocenters. The lowest BCUT2D eigenvalue weighted by molar-refractivity contribution is 0.0927. The summed E-state index contributed by atoms with van der Waals surface area (Å²) in [6.07, 6.45) is 6.22. The molecule has 0 radical (unpaired) electrons. The lowest BCUT2D eigenvalue weighted by Crippen LogP contribution is -2.40. The highest BCUT2D eigenvalue weighted by Gasteiger charge is 2.26. The Morgan fingerprint density at radius 2 is 2.14 bits per heavy atom. The number of aromatic nitrogens is 2. The second-order valence-electron chi connectivity index (χ2n) is 5.68. The number of carbonyl (C=O) groups is 1. The normalized spacial score (nSPS) is 17.0. The third kappa shape index (κ3) is 3.78. The standard InChI is InChI=1S/C16H22N4O/c1-3-14-13(9-11(2)19-20-14)16(21)18-15(10-17)12-7-5-4-6-8-12/h9,12,15H,3-8H2,1-2H3,(H,18,21). The second kappa shape index (κ2) is 7.16. The Labute approximate surface area is 125 Å². The van der Waals surface area contributed by atoms with Crippen LogP contribution in [0.25, 0.3) is 0 Å². The molecule has 1 unspecified atom stereocenters. The van der Waals surface area contributed by atoms with Crippen LogP contribution in [0, 0.1) is 24.2 Å². The summed E-state index contributed by atoms with van der Waals surface area (Å²) in [5.74, 6) is 0.0654. The van der Waals surface area contributed by atoms with Crippen molar-refractivity contribution >= 4 is 5.91 Å². The monoisotopic (exact) mass is 286 g/mol. The molecule has 2 rings (SSSR count). The van der Waals surface area contributed by atoms with Crippen LogP contribution in [0.2, 0.25) is 0 Å². The number of nitriles is 1. The van der Waals surface area contributed by atoms with Gasteiger partial charge in [-0.05, 0) is 38.2 Å². The van der Waals surface area contributed by atoms with E-state index in [2.05, 4.69) is 21.6 Å². The van der Waals surface area contributed by atoms with E-state index in [-0.39, 0.29) is 11.8 Å². The van der Waals surface area contributed by atoms with Crippen LogP contribution < -0.4 is 5.32 Å². The zero-order valence-electron chi connectivity index (χ0n) is 12.7. The number of aryl methyl sites for hydroxylation is 2. The van der Waals surface area contributed by atoms with Crippen molar-refractivity contribution in [3.8, 4) is 6.07 Å². The molecule has 1 fully saturated rings. The first kappa shape index (κ1) is 15.4. The Morgan fingerprint density at radius 3 is 2.76 bits per heavy atom. The summed E-state index contributed by atoms with van der Waals surface area (Å²) < 4.78 is 0. The zero-order chi connectivity index (χ0) is 15.2. The van der Waals surface area contributed by atoms with Crippen LogP contribution in [-0.2, 0) is 6.42 Å². The summed E-state index contributed by atoms with van der Waals surface area (Å²) in [7, 11) is 0. The van der Waals surface area contributed by atoms with Crippen molar-refractivity contribution < 1.29 is 4.79 Å². The topological polar surface area (TPSA) is 78.7 Å². The maximum absolute atomic E-state index is 12.5. The van der Waals surface area contributed by atoms with Gasteiger partial charge < -0.3 is 5.32 Å². The quantitative estimate of drug-likeness (QED) is 0.922. The highest BCUT2D eigenvalue weighted by Crippen LogP contribution is 2.26. The molecule has 1 aromatic rings. The molecule has 112 valence electrons. The van der Waals surface area contributed by atoms with Gasteiger partial charge in [0.25, 0.3) is 5.91 Å². The van der Waals surface area contributed by atoms with Crippen LogP contribution in [0.15, 0.2) is 6.07 Å².